The van der Waals surface area contributed by atoms with Gasteiger partial charge in [-0.3, -0.25) is 4.90 Å². The molecular formula is C31H35F3N4O6. The second-order valence-corrected chi connectivity index (χ2v) is 11.4. The van der Waals surface area contributed by atoms with Crippen molar-refractivity contribution in [1.29, 1.82) is 0 Å². The molecule has 4 amide bonds. The minimum absolute atomic E-state index is 0.00759. The molecule has 13 heteroatoms. The van der Waals surface area contributed by atoms with Gasteiger partial charge in [-0.25, -0.2) is 32.5 Å². The first-order chi connectivity index (χ1) is 21.0. The molecule has 0 bridgehead atoms. The Morgan fingerprint density at radius 1 is 1.05 bits per heavy atom. The van der Waals surface area contributed by atoms with Gasteiger partial charge in [-0.15, -0.1) is 0 Å². The fraction of sp³-hybridized carbons (Fsp3) is 0.452. The number of nitrogens with one attached hydrogen (secondary N) is 2. The lowest BCUT2D eigenvalue weighted by Gasteiger charge is -2.40. The molecule has 1 aliphatic carbocycles. The van der Waals surface area contributed by atoms with E-state index < -0.39 is 41.3 Å². The van der Waals surface area contributed by atoms with Crippen molar-refractivity contribution in [2.24, 2.45) is 0 Å². The number of hydrogen-bond donors (Lipinski definition) is 3. The molecule has 1 unspecified atom stereocenters. The fourth-order valence-corrected chi connectivity index (χ4v) is 6.45. The average molecular weight is 617 g/mol. The number of carbonyl (C=O) groups is 3. The van der Waals surface area contributed by atoms with Gasteiger partial charge in [-0.05, 0) is 67.5 Å². The van der Waals surface area contributed by atoms with Crippen molar-refractivity contribution in [1.82, 2.24) is 20.4 Å². The van der Waals surface area contributed by atoms with Crippen LogP contribution in [-0.4, -0.2) is 78.9 Å². The van der Waals surface area contributed by atoms with Gasteiger partial charge in [-0.1, -0.05) is 18.2 Å². The van der Waals surface area contributed by atoms with Gasteiger partial charge >= 0.3 is 18.0 Å². The van der Waals surface area contributed by atoms with Crippen LogP contribution in [-0.2, 0) is 19.9 Å². The second-order valence-electron chi connectivity index (χ2n) is 11.4. The number of ether oxygens (including phenoxy) is 2. The van der Waals surface area contributed by atoms with E-state index in [1.54, 1.807) is 12.1 Å². The van der Waals surface area contributed by atoms with Crippen LogP contribution in [0.2, 0.25) is 0 Å². The van der Waals surface area contributed by atoms with Crippen molar-refractivity contribution in [3.05, 3.63) is 82.3 Å². The number of rotatable bonds is 7. The number of benzene rings is 2. The van der Waals surface area contributed by atoms with E-state index in [2.05, 4.69) is 15.5 Å². The maximum absolute atomic E-state index is 14.3. The van der Waals surface area contributed by atoms with E-state index in [1.807, 2.05) is 0 Å². The van der Waals surface area contributed by atoms with E-state index in [0.717, 1.165) is 24.1 Å². The number of hydrogen-bond acceptors (Lipinski definition) is 7. The monoisotopic (exact) mass is 616 g/mol. The lowest BCUT2D eigenvalue weighted by molar-refractivity contribution is -0.137. The molecule has 2 aromatic rings. The standard InChI is InChI=1S/C31H35F3N4O6/c1-43-17-25-26(28(39)44-2)27(18-3-8-23(33)24(34)15-18)38(30(41)36-25)29(40)35-21-11-14-37(16-21)22-9-12-31(42,13-10-22)19-4-6-20(32)7-5-19/h3-8,15,21-22,27,42H,9-14,16-17H2,1-2H3,(H,35,40)(H,36,41)/t21?,22?,27-,31?/m0/s1. The summed E-state index contributed by atoms with van der Waals surface area (Å²) in [6.07, 6.45) is 3.01. The Hall–Kier alpha value is -3.94. The Labute approximate surface area is 252 Å². The van der Waals surface area contributed by atoms with Crippen LogP contribution in [0.4, 0.5) is 22.8 Å². The minimum Gasteiger partial charge on any atom is -0.466 e. The summed E-state index contributed by atoms with van der Waals surface area (Å²) in [7, 11) is 2.48. The van der Waals surface area contributed by atoms with Gasteiger partial charge in [0.25, 0.3) is 0 Å². The summed E-state index contributed by atoms with van der Waals surface area (Å²) in [5, 5.41) is 16.6. The summed E-state index contributed by atoms with van der Waals surface area (Å²) in [4.78, 5) is 42.9. The average Bonchev–Trinajstić information content (AvgIpc) is 3.46. The van der Waals surface area contributed by atoms with E-state index in [9.17, 15) is 32.7 Å². The number of imide groups is 1. The highest BCUT2D eigenvalue weighted by molar-refractivity contribution is 6.01. The number of likely N-dealkylation sites (tertiary alicyclic amines) is 1. The Bertz CT molecular complexity index is 1440. The molecule has 236 valence electrons. The summed E-state index contributed by atoms with van der Waals surface area (Å²) >= 11 is 0. The van der Waals surface area contributed by atoms with Crippen LogP contribution in [0.3, 0.4) is 0 Å². The van der Waals surface area contributed by atoms with Crippen molar-refractivity contribution < 1.29 is 42.1 Å². The number of carbonyl (C=O) groups excluding carboxylic acids is 3. The Morgan fingerprint density at radius 2 is 1.75 bits per heavy atom. The Morgan fingerprint density at radius 3 is 2.39 bits per heavy atom. The zero-order valence-corrected chi connectivity index (χ0v) is 24.4. The summed E-state index contributed by atoms with van der Waals surface area (Å²) in [5.74, 6) is -3.58. The lowest BCUT2D eigenvalue weighted by Crippen LogP contribution is -2.57. The predicted octanol–water partition coefficient (Wildman–Crippen LogP) is 3.86. The summed E-state index contributed by atoms with van der Waals surface area (Å²) in [5.41, 5.74) is -0.465. The predicted molar refractivity (Wildman–Crippen MR) is 151 cm³/mol. The molecule has 5 rings (SSSR count). The maximum atomic E-state index is 14.3. The Kier molecular flexibility index (Phi) is 9.28. The van der Waals surface area contributed by atoms with Crippen molar-refractivity contribution in [3.8, 4) is 0 Å². The largest absolute Gasteiger partial charge is 0.466 e. The number of amides is 4. The molecule has 1 saturated heterocycles. The van der Waals surface area contributed by atoms with Gasteiger partial charge in [0.2, 0.25) is 0 Å². The summed E-state index contributed by atoms with van der Waals surface area (Å²) in [6, 6.07) is 5.50. The molecule has 0 aromatic heterocycles. The zero-order chi connectivity index (χ0) is 31.6. The molecule has 0 radical (unpaired) electrons. The molecule has 44 heavy (non-hydrogen) atoms. The van der Waals surface area contributed by atoms with Gasteiger partial charge in [0, 0.05) is 32.3 Å². The van der Waals surface area contributed by atoms with Gasteiger partial charge in [-0.2, -0.15) is 0 Å². The van der Waals surface area contributed by atoms with Crippen LogP contribution in [0.1, 0.15) is 49.3 Å². The molecule has 2 aromatic carbocycles. The summed E-state index contributed by atoms with van der Waals surface area (Å²) in [6.45, 7) is 0.959. The molecule has 2 fully saturated rings. The van der Waals surface area contributed by atoms with Crippen LogP contribution < -0.4 is 10.6 Å². The molecule has 3 aliphatic rings. The first-order valence-corrected chi connectivity index (χ1v) is 14.4. The lowest BCUT2D eigenvalue weighted by atomic mass is 9.77. The van der Waals surface area contributed by atoms with Crippen molar-refractivity contribution in [2.45, 2.75) is 55.8 Å². The highest BCUT2D eigenvalue weighted by Gasteiger charge is 2.44. The number of methoxy groups -OCH3 is 2. The van der Waals surface area contributed by atoms with E-state index in [1.165, 1.54) is 25.3 Å². The normalized spacial score (nSPS) is 26.0. The fourth-order valence-electron chi connectivity index (χ4n) is 6.45. The third-order valence-electron chi connectivity index (χ3n) is 8.73. The molecule has 2 heterocycles. The van der Waals surface area contributed by atoms with Crippen LogP contribution in [0.5, 0.6) is 0 Å². The first kappa shape index (κ1) is 31.5. The Balaban J connectivity index is 1.31. The molecule has 1 saturated carbocycles. The van der Waals surface area contributed by atoms with Crippen molar-refractivity contribution in [2.75, 3.05) is 33.9 Å². The topological polar surface area (TPSA) is 120 Å². The molecule has 10 nitrogen and oxygen atoms in total. The number of esters is 1. The molecule has 0 spiro atoms. The van der Waals surface area contributed by atoms with Crippen LogP contribution in [0.15, 0.2) is 53.7 Å². The zero-order valence-electron chi connectivity index (χ0n) is 24.4. The van der Waals surface area contributed by atoms with Crippen LogP contribution in [0, 0.1) is 17.5 Å². The van der Waals surface area contributed by atoms with E-state index >= 15 is 0 Å². The maximum Gasteiger partial charge on any atom is 0.338 e. The van der Waals surface area contributed by atoms with Gasteiger partial charge in [0.15, 0.2) is 11.6 Å². The van der Waals surface area contributed by atoms with Crippen molar-refractivity contribution >= 4 is 18.0 Å². The number of aliphatic hydroxyl groups is 1. The van der Waals surface area contributed by atoms with E-state index in [4.69, 9.17) is 9.47 Å². The highest BCUT2D eigenvalue weighted by Crippen LogP contribution is 2.40. The molecule has 3 N–H and O–H groups in total. The van der Waals surface area contributed by atoms with Crippen LogP contribution in [0.25, 0.3) is 0 Å². The number of nitrogens with zero attached hydrogens (tertiary/aromatic N) is 2. The SMILES string of the molecule is COCC1=C(C(=O)OC)[C@H](c2ccc(F)c(F)c2)N(C(=O)NC2CCN(C3CCC(O)(c4ccc(F)cc4)CC3)C2)C(=O)N1. The molecule has 2 aliphatic heterocycles. The van der Waals surface area contributed by atoms with E-state index in [0.29, 0.717) is 50.8 Å². The number of halogens is 3. The van der Waals surface area contributed by atoms with Crippen LogP contribution >= 0.6 is 0 Å². The minimum atomic E-state index is -1.42. The van der Waals surface area contributed by atoms with Crippen molar-refractivity contribution in [3.63, 3.8) is 0 Å². The van der Waals surface area contributed by atoms with Gasteiger partial charge in [0.1, 0.15) is 11.9 Å². The molecular weight excluding hydrogens is 581 g/mol. The van der Waals surface area contributed by atoms with Gasteiger partial charge in [0.05, 0.1) is 30.6 Å². The van der Waals surface area contributed by atoms with Gasteiger partial charge < -0.3 is 25.2 Å². The van der Waals surface area contributed by atoms with E-state index in [-0.39, 0.29) is 41.3 Å². The number of urea groups is 2. The highest BCUT2D eigenvalue weighted by atomic mass is 19.2. The third-order valence-corrected chi connectivity index (χ3v) is 8.73. The third kappa shape index (κ3) is 6.30. The summed E-state index contributed by atoms with van der Waals surface area (Å²) < 4.78 is 51.6. The second kappa shape index (κ2) is 13.0. The molecule has 2 atom stereocenters. The smallest absolute Gasteiger partial charge is 0.338 e. The quantitative estimate of drug-likeness (QED) is 0.404. The first-order valence-electron chi connectivity index (χ1n) is 14.4.